The zero-order valence-electron chi connectivity index (χ0n) is 10.1. The number of hydrogen-bond acceptors (Lipinski definition) is 4. The van der Waals surface area contributed by atoms with E-state index in [1.165, 1.54) is 17.1 Å². The fourth-order valence-corrected chi connectivity index (χ4v) is 2.11. The first kappa shape index (κ1) is 13.7. The maximum atomic E-state index is 11.0. The Morgan fingerprint density at radius 3 is 2.95 bits per heavy atom. The summed E-state index contributed by atoms with van der Waals surface area (Å²) >= 11 is 5.82. The number of aromatic nitrogens is 2. The van der Waals surface area contributed by atoms with E-state index in [0.717, 1.165) is 6.26 Å². The molecule has 0 aliphatic rings. The Morgan fingerprint density at radius 1 is 1.47 bits per heavy atom. The normalized spacial score (nSPS) is 11.3. The Hall–Kier alpha value is -1.73. The number of hydrogen-bond donors (Lipinski definition) is 1. The van der Waals surface area contributed by atoms with Crippen molar-refractivity contribution in [1.29, 1.82) is 0 Å². The van der Waals surface area contributed by atoms with Crippen molar-refractivity contribution in [2.24, 2.45) is 0 Å². The molecule has 2 rings (SSSR count). The summed E-state index contributed by atoms with van der Waals surface area (Å²) in [7, 11) is -3.30. The van der Waals surface area contributed by atoms with Crippen molar-refractivity contribution in [3.63, 3.8) is 0 Å². The average Bonchev–Trinajstić information content (AvgIpc) is 2.72. The van der Waals surface area contributed by atoms with Gasteiger partial charge in [-0.05, 0) is 18.2 Å². The predicted molar refractivity (Wildman–Crippen MR) is 72.8 cm³/mol. The van der Waals surface area contributed by atoms with E-state index in [1.54, 1.807) is 24.3 Å². The smallest absolute Gasteiger partial charge is 0.229 e. The summed E-state index contributed by atoms with van der Waals surface area (Å²) in [5.41, 5.74) is 0.386. The standard InChI is InChI=1S/C11H12ClN3O3S/c1-19(16,17)14-10-6-13-15(7-10)8-18-11-4-2-3-9(12)5-11/h2-7,14H,8H2,1H3. The third-order valence-electron chi connectivity index (χ3n) is 2.10. The largest absolute Gasteiger partial charge is 0.471 e. The van der Waals surface area contributed by atoms with Crippen molar-refractivity contribution in [3.05, 3.63) is 41.7 Å². The van der Waals surface area contributed by atoms with Crippen LogP contribution in [0.1, 0.15) is 0 Å². The van der Waals surface area contributed by atoms with Crippen LogP contribution in [0.5, 0.6) is 5.75 Å². The van der Waals surface area contributed by atoms with Crippen molar-refractivity contribution >= 4 is 27.3 Å². The monoisotopic (exact) mass is 301 g/mol. The zero-order valence-corrected chi connectivity index (χ0v) is 11.6. The molecule has 0 atom stereocenters. The minimum Gasteiger partial charge on any atom is -0.471 e. The molecule has 0 aliphatic carbocycles. The first-order valence-corrected chi connectivity index (χ1v) is 7.58. The van der Waals surface area contributed by atoms with Gasteiger partial charge in [0.2, 0.25) is 10.0 Å². The SMILES string of the molecule is CS(=O)(=O)Nc1cnn(COc2cccc(Cl)c2)c1. The van der Waals surface area contributed by atoms with Gasteiger partial charge in [-0.1, -0.05) is 17.7 Å². The first-order valence-electron chi connectivity index (χ1n) is 5.31. The van der Waals surface area contributed by atoms with E-state index < -0.39 is 10.0 Å². The highest BCUT2D eigenvalue weighted by molar-refractivity contribution is 7.92. The van der Waals surface area contributed by atoms with Gasteiger partial charge in [-0.3, -0.25) is 4.72 Å². The van der Waals surface area contributed by atoms with Gasteiger partial charge in [0.25, 0.3) is 0 Å². The number of benzene rings is 1. The minimum atomic E-state index is -3.30. The van der Waals surface area contributed by atoms with E-state index >= 15 is 0 Å². The van der Waals surface area contributed by atoms with E-state index in [4.69, 9.17) is 16.3 Å². The number of halogens is 1. The lowest BCUT2D eigenvalue weighted by atomic mass is 10.3. The molecule has 0 saturated carbocycles. The van der Waals surface area contributed by atoms with Crippen molar-refractivity contribution in [3.8, 4) is 5.75 Å². The third-order valence-corrected chi connectivity index (χ3v) is 2.94. The molecule has 0 radical (unpaired) electrons. The van der Waals surface area contributed by atoms with Gasteiger partial charge in [0.1, 0.15) is 5.75 Å². The Labute approximate surface area is 116 Å². The molecule has 0 saturated heterocycles. The van der Waals surface area contributed by atoms with Gasteiger partial charge in [0, 0.05) is 5.02 Å². The maximum absolute atomic E-state index is 11.0. The number of anilines is 1. The molecule has 1 N–H and O–H groups in total. The van der Waals surface area contributed by atoms with E-state index in [9.17, 15) is 8.42 Å². The molecule has 0 unspecified atom stereocenters. The van der Waals surface area contributed by atoms with Crippen LogP contribution in [0.3, 0.4) is 0 Å². The van der Waals surface area contributed by atoms with Crippen LogP contribution in [-0.2, 0) is 16.8 Å². The Bertz CT molecular complexity index is 669. The van der Waals surface area contributed by atoms with Gasteiger partial charge in [0.05, 0.1) is 24.3 Å². The quantitative estimate of drug-likeness (QED) is 0.916. The van der Waals surface area contributed by atoms with Crippen LogP contribution in [0.25, 0.3) is 0 Å². The lowest BCUT2D eigenvalue weighted by Gasteiger charge is -2.06. The summed E-state index contributed by atoms with van der Waals surface area (Å²) in [6.07, 6.45) is 4.01. The van der Waals surface area contributed by atoms with Crippen molar-refractivity contribution in [2.45, 2.75) is 6.73 Å². The minimum absolute atomic E-state index is 0.159. The highest BCUT2D eigenvalue weighted by Gasteiger charge is 2.04. The van der Waals surface area contributed by atoms with E-state index in [0.29, 0.717) is 16.5 Å². The topological polar surface area (TPSA) is 73.2 Å². The molecule has 8 heteroatoms. The number of nitrogens with zero attached hydrogens (tertiary/aromatic N) is 2. The Kier molecular flexibility index (Phi) is 3.96. The van der Waals surface area contributed by atoms with Gasteiger partial charge in [0.15, 0.2) is 6.73 Å². The second-order valence-corrected chi connectivity index (χ2v) is 6.06. The first-order chi connectivity index (χ1) is 8.92. The van der Waals surface area contributed by atoms with Gasteiger partial charge < -0.3 is 4.74 Å². The molecule has 1 aromatic carbocycles. The van der Waals surface area contributed by atoms with E-state index in [2.05, 4.69) is 9.82 Å². The van der Waals surface area contributed by atoms with Crippen LogP contribution in [0.15, 0.2) is 36.7 Å². The second kappa shape index (κ2) is 5.50. The number of nitrogens with one attached hydrogen (secondary N) is 1. The predicted octanol–water partition coefficient (Wildman–Crippen LogP) is 1.94. The lowest BCUT2D eigenvalue weighted by molar-refractivity contribution is 0.221. The fraction of sp³-hybridized carbons (Fsp3) is 0.182. The van der Waals surface area contributed by atoms with Crippen LogP contribution in [0.4, 0.5) is 5.69 Å². The summed E-state index contributed by atoms with van der Waals surface area (Å²) in [4.78, 5) is 0. The number of sulfonamides is 1. The van der Waals surface area contributed by atoms with Crippen LogP contribution < -0.4 is 9.46 Å². The molecular weight excluding hydrogens is 290 g/mol. The summed E-state index contributed by atoms with van der Waals surface area (Å²) in [5, 5.41) is 4.55. The van der Waals surface area contributed by atoms with Gasteiger partial charge in [-0.2, -0.15) is 5.10 Å². The average molecular weight is 302 g/mol. The van der Waals surface area contributed by atoms with Crippen LogP contribution in [-0.4, -0.2) is 24.5 Å². The highest BCUT2D eigenvalue weighted by atomic mass is 35.5. The Balaban J connectivity index is 1.97. The number of rotatable bonds is 5. The lowest BCUT2D eigenvalue weighted by Crippen LogP contribution is -2.09. The second-order valence-electron chi connectivity index (χ2n) is 3.87. The van der Waals surface area contributed by atoms with Gasteiger partial charge in [-0.15, -0.1) is 0 Å². The van der Waals surface area contributed by atoms with E-state index in [-0.39, 0.29) is 6.73 Å². The van der Waals surface area contributed by atoms with E-state index in [1.807, 2.05) is 0 Å². The summed E-state index contributed by atoms with van der Waals surface area (Å²) in [5.74, 6) is 0.612. The van der Waals surface area contributed by atoms with Crippen LogP contribution >= 0.6 is 11.6 Å². The molecule has 6 nitrogen and oxygen atoms in total. The maximum Gasteiger partial charge on any atom is 0.229 e. The fourth-order valence-electron chi connectivity index (χ4n) is 1.40. The molecule has 0 fully saturated rings. The molecule has 0 aliphatic heterocycles. The molecule has 1 heterocycles. The van der Waals surface area contributed by atoms with Crippen molar-refractivity contribution in [1.82, 2.24) is 9.78 Å². The molecule has 19 heavy (non-hydrogen) atoms. The molecule has 1 aromatic heterocycles. The van der Waals surface area contributed by atoms with Crippen LogP contribution in [0.2, 0.25) is 5.02 Å². The highest BCUT2D eigenvalue weighted by Crippen LogP contribution is 2.17. The molecule has 2 aromatic rings. The summed E-state index contributed by atoms with van der Waals surface area (Å²) < 4.78 is 31.3. The molecule has 0 bridgehead atoms. The van der Waals surface area contributed by atoms with Gasteiger partial charge >= 0.3 is 0 Å². The van der Waals surface area contributed by atoms with Crippen molar-refractivity contribution < 1.29 is 13.2 Å². The molecule has 0 amide bonds. The summed E-state index contributed by atoms with van der Waals surface area (Å²) in [6, 6.07) is 6.97. The third kappa shape index (κ3) is 4.46. The molecule has 0 spiro atoms. The zero-order chi connectivity index (χ0) is 13.9. The summed E-state index contributed by atoms with van der Waals surface area (Å²) in [6.45, 7) is 0.159. The molecular formula is C11H12ClN3O3S. The van der Waals surface area contributed by atoms with Crippen LogP contribution in [0, 0.1) is 0 Å². The number of ether oxygens (including phenoxy) is 1. The Morgan fingerprint density at radius 2 is 2.26 bits per heavy atom. The van der Waals surface area contributed by atoms with Gasteiger partial charge in [-0.25, -0.2) is 13.1 Å². The molecule has 102 valence electrons. The van der Waals surface area contributed by atoms with Crippen molar-refractivity contribution in [2.75, 3.05) is 11.0 Å².